The number of hydrogen-bond acceptors (Lipinski definition) is 4. The number of Topliss-reactive ketones (excluding diaryl/α,β-unsaturated/α-hetero) is 1. The quantitative estimate of drug-likeness (QED) is 0.441. The maximum Gasteiger partial charge on any atom is 0.312 e. The van der Waals surface area contributed by atoms with Gasteiger partial charge in [0.2, 0.25) is 0 Å². The van der Waals surface area contributed by atoms with E-state index in [1.165, 1.54) is 7.11 Å². The predicted octanol–water partition coefficient (Wildman–Crippen LogP) is 2.58. The number of esters is 1. The maximum atomic E-state index is 12.6. The Morgan fingerprint density at radius 2 is 1.75 bits per heavy atom. The molecule has 0 amide bonds. The number of carbonyl (C=O) groups excluding carboxylic acids is 2. The van der Waals surface area contributed by atoms with Crippen LogP contribution in [0.25, 0.3) is 0 Å². The van der Waals surface area contributed by atoms with Gasteiger partial charge in [-0.3, -0.25) is 9.59 Å². The van der Waals surface area contributed by atoms with Gasteiger partial charge >= 0.3 is 5.97 Å². The molecule has 2 rings (SSSR count). The second-order valence-corrected chi connectivity index (χ2v) is 7.07. The highest BCUT2D eigenvalue weighted by molar-refractivity contribution is 5.89. The van der Waals surface area contributed by atoms with Crippen molar-refractivity contribution in [1.29, 1.82) is 0 Å². The Bertz CT molecular complexity index is 419. The van der Waals surface area contributed by atoms with E-state index < -0.39 is 0 Å². The van der Waals surface area contributed by atoms with Gasteiger partial charge in [-0.15, -0.1) is 0 Å². The number of ketones is 1. The van der Waals surface area contributed by atoms with E-state index in [4.69, 9.17) is 9.47 Å². The van der Waals surface area contributed by atoms with E-state index in [9.17, 15) is 9.59 Å². The van der Waals surface area contributed by atoms with Crippen molar-refractivity contribution in [3.8, 4) is 0 Å². The number of allylic oxidation sites excluding steroid dienone is 2. The lowest BCUT2D eigenvalue weighted by molar-refractivity contribution is -0.163. The molecule has 0 spiro atoms. The van der Waals surface area contributed by atoms with Crippen molar-refractivity contribution in [1.82, 2.24) is 0 Å². The third-order valence-corrected chi connectivity index (χ3v) is 4.13. The van der Waals surface area contributed by atoms with Gasteiger partial charge in [0, 0.05) is 19.4 Å². The van der Waals surface area contributed by atoms with Gasteiger partial charge in [0.05, 0.1) is 5.92 Å². The molecule has 0 radical (unpaired) electrons. The molecule has 1 saturated carbocycles. The lowest BCUT2D eigenvalue weighted by Gasteiger charge is -2.28. The molecule has 4 nitrogen and oxygen atoms in total. The smallest absolute Gasteiger partial charge is 0.312 e. The Morgan fingerprint density at radius 3 is 2.30 bits per heavy atom. The van der Waals surface area contributed by atoms with Crippen molar-refractivity contribution in [2.24, 2.45) is 29.1 Å². The lowest BCUT2D eigenvalue weighted by Crippen LogP contribution is -2.36. The Balaban J connectivity index is 2.11. The van der Waals surface area contributed by atoms with Crippen molar-refractivity contribution < 1.29 is 19.1 Å². The van der Waals surface area contributed by atoms with Gasteiger partial charge in [0.25, 0.3) is 0 Å². The number of methoxy groups -OCH3 is 1. The van der Waals surface area contributed by atoms with Crippen LogP contribution in [-0.4, -0.2) is 25.7 Å². The summed E-state index contributed by atoms with van der Waals surface area (Å²) in [6, 6.07) is 0. The van der Waals surface area contributed by atoms with Gasteiger partial charge in [0.1, 0.15) is 5.78 Å². The fraction of sp³-hybridized carbons (Fsp3) is 0.750. The summed E-state index contributed by atoms with van der Waals surface area (Å²) in [7, 11) is 1.48. The number of ether oxygens (including phenoxy) is 2. The Hall–Kier alpha value is -1.16. The van der Waals surface area contributed by atoms with E-state index in [1.54, 1.807) is 0 Å². The topological polar surface area (TPSA) is 52.6 Å². The monoisotopic (exact) mass is 280 g/mol. The van der Waals surface area contributed by atoms with Crippen molar-refractivity contribution in [3.05, 3.63) is 12.2 Å². The molecule has 0 heterocycles. The van der Waals surface area contributed by atoms with Crippen molar-refractivity contribution in [2.75, 3.05) is 13.9 Å². The summed E-state index contributed by atoms with van der Waals surface area (Å²) in [6.07, 6.45) is 5.55. The minimum absolute atomic E-state index is 0.0450. The van der Waals surface area contributed by atoms with Crippen LogP contribution in [-0.2, 0) is 19.1 Å². The zero-order valence-electron chi connectivity index (χ0n) is 12.7. The van der Waals surface area contributed by atoms with E-state index >= 15 is 0 Å². The number of fused-ring (bicyclic) bond motifs is 2. The number of hydrogen-bond donors (Lipinski definition) is 0. The summed E-state index contributed by atoms with van der Waals surface area (Å²) in [5, 5.41) is 0. The average Bonchev–Trinajstić information content (AvgIpc) is 2.93. The Labute approximate surface area is 120 Å². The molecule has 2 bridgehead atoms. The van der Waals surface area contributed by atoms with Crippen LogP contribution >= 0.6 is 0 Å². The van der Waals surface area contributed by atoms with Crippen molar-refractivity contribution >= 4 is 11.8 Å². The fourth-order valence-corrected chi connectivity index (χ4v) is 3.44. The molecule has 0 aromatic rings. The molecule has 0 N–H and O–H groups in total. The van der Waals surface area contributed by atoms with Gasteiger partial charge < -0.3 is 9.47 Å². The molecule has 112 valence electrons. The first-order valence-electron chi connectivity index (χ1n) is 7.20. The molecular weight excluding hydrogens is 256 g/mol. The highest BCUT2D eigenvalue weighted by atomic mass is 16.7. The van der Waals surface area contributed by atoms with E-state index in [2.05, 4.69) is 12.2 Å². The fourth-order valence-electron chi connectivity index (χ4n) is 3.44. The summed E-state index contributed by atoms with van der Waals surface area (Å²) in [5.74, 6) is -0.290. The average molecular weight is 280 g/mol. The standard InChI is InChI=1S/C16H24O4/c1-16(2,3)8-12(17)13-10-5-6-11(7-10)14(13)15(18)20-9-19-4/h5-6,10-11,13-14H,7-9H2,1-4H3. The summed E-state index contributed by atoms with van der Waals surface area (Å²) in [4.78, 5) is 24.8. The lowest BCUT2D eigenvalue weighted by atomic mass is 9.76. The molecule has 2 aliphatic rings. The van der Waals surface area contributed by atoms with Crippen LogP contribution in [0.3, 0.4) is 0 Å². The molecule has 1 fully saturated rings. The van der Waals surface area contributed by atoms with E-state index in [-0.39, 0.29) is 47.6 Å². The minimum Gasteiger partial charge on any atom is -0.438 e. The van der Waals surface area contributed by atoms with Crippen LogP contribution in [0.4, 0.5) is 0 Å². The summed E-state index contributed by atoms with van der Waals surface area (Å²) in [6.45, 7) is 6.10. The van der Waals surface area contributed by atoms with Gasteiger partial charge in [-0.05, 0) is 23.7 Å². The third-order valence-electron chi connectivity index (χ3n) is 4.13. The zero-order chi connectivity index (χ0) is 14.9. The highest BCUT2D eigenvalue weighted by Gasteiger charge is 2.52. The van der Waals surface area contributed by atoms with Crippen molar-refractivity contribution in [2.45, 2.75) is 33.6 Å². The molecule has 4 unspecified atom stereocenters. The SMILES string of the molecule is COCOC(=O)C1C2C=CC(C2)C1C(=O)CC(C)(C)C. The molecule has 0 aliphatic heterocycles. The van der Waals surface area contributed by atoms with E-state index in [1.807, 2.05) is 20.8 Å². The first kappa shape index (κ1) is 15.2. The maximum absolute atomic E-state index is 12.6. The molecular formula is C16H24O4. The molecule has 0 aromatic heterocycles. The van der Waals surface area contributed by atoms with Crippen molar-refractivity contribution in [3.63, 3.8) is 0 Å². The first-order chi connectivity index (χ1) is 9.33. The Kier molecular flexibility index (Phi) is 4.33. The van der Waals surface area contributed by atoms with Gasteiger partial charge in [0.15, 0.2) is 6.79 Å². The second-order valence-electron chi connectivity index (χ2n) is 7.07. The third kappa shape index (κ3) is 3.11. The molecule has 0 saturated heterocycles. The molecule has 4 heteroatoms. The molecule has 2 aliphatic carbocycles. The van der Waals surface area contributed by atoms with Crippen LogP contribution in [0.15, 0.2) is 12.2 Å². The first-order valence-corrected chi connectivity index (χ1v) is 7.20. The predicted molar refractivity (Wildman–Crippen MR) is 74.8 cm³/mol. The summed E-state index contributed by atoms with van der Waals surface area (Å²) >= 11 is 0. The summed E-state index contributed by atoms with van der Waals surface area (Å²) < 4.78 is 9.87. The van der Waals surface area contributed by atoms with E-state index in [0.29, 0.717) is 6.42 Å². The van der Waals surface area contributed by atoms with Gasteiger partial charge in [-0.1, -0.05) is 32.9 Å². The second kappa shape index (κ2) is 5.68. The van der Waals surface area contributed by atoms with E-state index in [0.717, 1.165) is 6.42 Å². The minimum atomic E-state index is -0.324. The summed E-state index contributed by atoms with van der Waals surface area (Å²) in [5.41, 5.74) is -0.0520. The Morgan fingerprint density at radius 1 is 1.15 bits per heavy atom. The van der Waals surface area contributed by atoms with Crippen LogP contribution in [0.1, 0.15) is 33.6 Å². The number of rotatable bonds is 5. The van der Waals surface area contributed by atoms with Crippen LogP contribution in [0.5, 0.6) is 0 Å². The van der Waals surface area contributed by atoms with Gasteiger partial charge in [-0.25, -0.2) is 0 Å². The van der Waals surface area contributed by atoms with Crippen LogP contribution < -0.4 is 0 Å². The largest absolute Gasteiger partial charge is 0.438 e. The van der Waals surface area contributed by atoms with Gasteiger partial charge in [-0.2, -0.15) is 0 Å². The molecule has 20 heavy (non-hydrogen) atoms. The number of carbonyl (C=O) groups is 2. The zero-order valence-corrected chi connectivity index (χ0v) is 12.7. The van der Waals surface area contributed by atoms with Crippen LogP contribution in [0, 0.1) is 29.1 Å². The molecule has 0 aromatic carbocycles. The van der Waals surface area contributed by atoms with Crippen LogP contribution in [0.2, 0.25) is 0 Å². The highest BCUT2D eigenvalue weighted by Crippen LogP contribution is 2.49. The molecule has 4 atom stereocenters. The normalized spacial score (nSPS) is 31.6.